The van der Waals surface area contributed by atoms with Crippen molar-refractivity contribution in [3.05, 3.63) is 94.7 Å². The number of nitrogens with zero attached hydrogens (tertiary/aromatic N) is 2. The van der Waals surface area contributed by atoms with E-state index in [-0.39, 0.29) is 37.3 Å². The zero-order valence-corrected chi connectivity index (χ0v) is 29.6. The van der Waals surface area contributed by atoms with Gasteiger partial charge in [0, 0.05) is 55.9 Å². The largest absolute Gasteiger partial charge is 0.396 e. The number of nitrogens with one attached hydrogen (secondary N) is 1. The van der Waals surface area contributed by atoms with E-state index in [4.69, 9.17) is 5.73 Å². The van der Waals surface area contributed by atoms with Gasteiger partial charge in [0.15, 0.2) is 0 Å². The van der Waals surface area contributed by atoms with Crippen LogP contribution in [-0.4, -0.2) is 77.5 Å². The molecule has 8 nitrogen and oxygen atoms in total. The molecule has 0 saturated heterocycles. The SMILES string of the molecule is CCC(N)(CC)CC=CC(=O)N(C)[C@H](Cc1ccc(-c2ccccc2)cc1)C(=O)N(C)[C@H](Cc1cccs1)C(=O)NCC(C)(C)CO. The Hall–Kier alpha value is -3.79. The Bertz CT molecular complexity index is 1450. The summed E-state index contributed by atoms with van der Waals surface area (Å²) in [6.07, 6.45) is 6.00. The minimum atomic E-state index is -0.868. The summed E-state index contributed by atoms with van der Waals surface area (Å²) in [5.74, 6) is -0.958. The lowest BCUT2D eigenvalue weighted by Crippen LogP contribution is -2.56. The summed E-state index contributed by atoms with van der Waals surface area (Å²) in [4.78, 5) is 45.5. The number of aliphatic hydroxyl groups is 1. The number of rotatable bonds is 17. The first-order valence-electron chi connectivity index (χ1n) is 16.4. The lowest BCUT2D eigenvalue weighted by Gasteiger charge is -2.34. The van der Waals surface area contributed by atoms with Crippen LogP contribution < -0.4 is 11.1 Å². The van der Waals surface area contributed by atoms with Gasteiger partial charge < -0.3 is 26.0 Å². The summed E-state index contributed by atoms with van der Waals surface area (Å²) in [6.45, 7) is 7.95. The number of thiophene rings is 1. The van der Waals surface area contributed by atoms with Crippen LogP contribution in [0, 0.1) is 5.41 Å². The molecule has 0 bridgehead atoms. The second kappa shape index (κ2) is 17.4. The Morgan fingerprint density at radius 2 is 1.53 bits per heavy atom. The fraction of sp³-hybridized carbons (Fsp3) is 0.447. The maximum absolute atomic E-state index is 14.4. The van der Waals surface area contributed by atoms with Crippen LogP contribution >= 0.6 is 11.3 Å². The highest BCUT2D eigenvalue weighted by molar-refractivity contribution is 7.09. The molecule has 3 amide bonds. The second-order valence-corrected chi connectivity index (χ2v) is 14.2. The number of nitrogens with two attached hydrogens (primary N) is 1. The summed E-state index contributed by atoms with van der Waals surface area (Å²) < 4.78 is 0. The van der Waals surface area contributed by atoms with Gasteiger partial charge in [-0.1, -0.05) is 94.4 Å². The van der Waals surface area contributed by atoms with Gasteiger partial charge in [0.1, 0.15) is 12.1 Å². The van der Waals surface area contributed by atoms with Crippen LogP contribution in [0.25, 0.3) is 11.1 Å². The van der Waals surface area contributed by atoms with Gasteiger partial charge in [0.05, 0.1) is 0 Å². The number of likely N-dealkylation sites (N-methyl/N-ethyl adjacent to an activating group) is 2. The molecule has 0 aliphatic rings. The van der Waals surface area contributed by atoms with E-state index in [0.717, 1.165) is 34.4 Å². The minimum Gasteiger partial charge on any atom is -0.396 e. The first kappa shape index (κ1) is 37.7. The first-order valence-corrected chi connectivity index (χ1v) is 17.2. The summed E-state index contributed by atoms with van der Waals surface area (Å²) in [5, 5.41) is 14.6. The zero-order valence-electron chi connectivity index (χ0n) is 28.7. The monoisotopic (exact) mass is 660 g/mol. The smallest absolute Gasteiger partial charge is 0.246 e. The number of hydrogen-bond donors (Lipinski definition) is 3. The average molecular weight is 661 g/mol. The Labute approximate surface area is 284 Å². The molecular weight excluding hydrogens is 609 g/mol. The van der Waals surface area contributed by atoms with E-state index < -0.39 is 23.0 Å². The van der Waals surface area contributed by atoms with Crippen molar-refractivity contribution in [1.29, 1.82) is 0 Å². The van der Waals surface area contributed by atoms with Gasteiger partial charge in [0.2, 0.25) is 17.7 Å². The van der Waals surface area contributed by atoms with Crippen molar-refractivity contribution in [2.24, 2.45) is 11.1 Å². The Morgan fingerprint density at radius 3 is 2.11 bits per heavy atom. The molecule has 0 unspecified atom stereocenters. The van der Waals surface area contributed by atoms with Crippen LogP contribution in [-0.2, 0) is 27.2 Å². The molecule has 0 aliphatic heterocycles. The molecule has 254 valence electrons. The number of carbonyl (C=O) groups excluding carboxylic acids is 3. The molecule has 0 radical (unpaired) electrons. The minimum absolute atomic E-state index is 0.0923. The molecule has 0 saturated carbocycles. The van der Waals surface area contributed by atoms with Gasteiger partial charge >= 0.3 is 0 Å². The third kappa shape index (κ3) is 10.9. The van der Waals surface area contributed by atoms with E-state index in [1.807, 2.05) is 99.8 Å². The van der Waals surface area contributed by atoms with Crippen LogP contribution in [0.1, 0.15) is 57.4 Å². The van der Waals surface area contributed by atoms with E-state index >= 15 is 0 Å². The molecule has 1 aromatic heterocycles. The molecule has 2 atom stereocenters. The Kier molecular flexibility index (Phi) is 13.9. The number of aliphatic hydroxyl groups excluding tert-OH is 1. The number of carbonyl (C=O) groups is 3. The predicted octanol–water partition coefficient (Wildman–Crippen LogP) is 5.45. The molecule has 47 heavy (non-hydrogen) atoms. The van der Waals surface area contributed by atoms with E-state index in [2.05, 4.69) is 5.32 Å². The van der Waals surface area contributed by atoms with Crippen LogP contribution in [0.15, 0.2) is 84.3 Å². The molecule has 3 aromatic rings. The normalized spacial score (nSPS) is 13.3. The number of hydrogen-bond acceptors (Lipinski definition) is 6. The van der Waals surface area contributed by atoms with Crippen molar-refractivity contribution in [2.75, 3.05) is 27.2 Å². The zero-order chi connectivity index (χ0) is 34.6. The molecule has 0 spiro atoms. The highest BCUT2D eigenvalue weighted by Gasteiger charge is 2.35. The van der Waals surface area contributed by atoms with Crippen molar-refractivity contribution in [3.8, 4) is 11.1 Å². The van der Waals surface area contributed by atoms with Crippen LogP contribution in [0.3, 0.4) is 0 Å². The van der Waals surface area contributed by atoms with E-state index in [1.54, 1.807) is 20.2 Å². The summed E-state index contributed by atoms with van der Waals surface area (Å²) in [5.41, 5.74) is 8.58. The first-order chi connectivity index (χ1) is 22.3. The van der Waals surface area contributed by atoms with Gasteiger partial charge in [-0.3, -0.25) is 14.4 Å². The number of benzene rings is 2. The molecular formula is C38H52N4O4S. The summed E-state index contributed by atoms with van der Waals surface area (Å²) in [7, 11) is 3.26. The van der Waals surface area contributed by atoms with Crippen molar-refractivity contribution < 1.29 is 19.5 Å². The summed E-state index contributed by atoms with van der Waals surface area (Å²) >= 11 is 1.52. The standard InChI is InChI=1S/C38H52N4O4S/c1-7-38(39,8-2)22-12-17-34(44)41(5)33(24-28-18-20-30(21-19-28)29-14-10-9-11-15-29)36(46)42(6)32(25-31-16-13-23-47-31)35(45)40-26-37(3,4)27-43/h9-21,23,32-33,43H,7-8,22,24-27,39H2,1-6H3,(H,40,45)/t32-,33-/m1/s1. The molecule has 4 N–H and O–H groups in total. The predicted molar refractivity (Wildman–Crippen MR) is 192 cm³/mol. The Balaban J connectivity index is 1.92. The molecule has 1 heterocycles. The lowest BCUT2D eigenvalue weighted by molar-refractivity contribution is -0.146. The van der Waals surface area contributed by atoms with Gasteiger partial charge in [-0.15, -0.1) is 11.3 Å². The fourth-order valence-electron chi connectivity index (χ4n) is 5.19. The fourth-order valence-corrected chi connectivity index (χ4v) is 5.94. The second-order valence-electron chi connectivity index (χ2n) is 13.2. The van der Waals surface area contributed by atoms with Crippen molar-refractivity contribution in [1.82, 2.24) is 15.1 Å². The van der Waals surface area contributed by atoms with Gasteiger partial charge in [-0.2, -0.15) is 0 Å². The van der Waals surface area contributed by atoms with E-state index in [1.165, 1.54) is 27.2 Å². The van der Waals surface area contributed by atoms with Crippen molar-refractivity contribution in [2.45, 2.75) is 77.4 Å². The highest BCUT2D eigenvalue weighted by Crippen LogP contribution is 2.23. The molecule has 2 aromatic carbocycles. The highest BCUT2D eigenvalue weighted by atomic mass is 32.1. The lowest BCUT2D eigenvalue weighted by atomic mass is 9.90. The van der Waals surface area contributed by atoms with Crippen LogP contribution in [0.2, 0.25) is 0 Å². The molecule has 0 fully saturated rings. The van der Waals surface area contributed by atoms with Gasteiger partial charge in [-0.25, -0.2) is 0 Å². The maximum Gasteiger partial charge on any atom is 0.246 e. The third-order valence-electron chi connectivity index (χ3n) is 9.04. The van der Waals surface area contributed by atoms with Crippen molar-refractivity contribution >= 4 is 29.1 Å². The number of amides is 3. The maximum atomic E-state index is 14.4. The van der Waals surface area contributed by atoms with Gasteiger partial charge in [-0.05, 0) is 53.5 Å². The summed E-state index contributed by atoms with van der Waals surface area (Å²) in [6, 6.07) is 20.2. The van der Waals surface area contributed by atoms with Crippen LogP contribution in [0.5, 0.6) is 0 Å². The van der Waals surface area contributed by atoms with Crippen LogP contribution in [0.4, 0.5) is 0 Å². The topological polar surface area (TPSA) is 116 Å². The van der Waals surface area contributed by atoms with E-state index in [0.29, 0.717) is 12.8 Å². The average Bonchev–Trinajstić information content (AvgIpc) is 3.61. The van der Waals surface area contributed by atoms with E-state index in [9.17, 15) is 19.5 Å². The Morgan fingerprint density at radius 1 is 0.894 bits per heavy atom. The quantitative estimate of drug-likeness (QED) is 0.167. The molecule has 9 heteroatoms. The van der Waals surface area contributed by atoms with Gasteiger partial charge in [0.25, 0.3) is 0 Å². The van der Waals surface area contributed by atoms with Crippen molar-refractivity contribution in [3.63, 3.8) is 0 Å². The molecule has 0 aliphatic carbocycles. The molecule has 3 rings (SSSR count). The third-order valence-corrected chi connectivity index (χ3v) is 9.94.